The molecule has 21 heavy (non-hydrogen) atoms. The molecule has 0 spiro atoms. The Morgan fingerprint density at radius 2 is 1.57 bits per heavy atom. The Labute approximate surface area is 128 Å². The highest BCUT2D eigenvalue weighted by atomic mass is 15.3. The van der Waals surface area contributed by atoms with E-state index in [-0.39, 0.29) is 0 Å². The topological polar surface area (TPSA) is 6.48 Å². The third kappa shape index (κ3) is 3.45. The van der Waals surface area contributed by atoms with Crippen LogP contribution in [-0.2, 0) is 6.54 Å². The Bertz CT molecular complexity index is 584. The quantitative estimate of drug-likeness (QED) is 0.847. The van der Waals surface area contributed by atoms with Crippen molar-refractivity contribution in [3.05, 3.63) is 65.2 Å². The van der Waals surface area contributed by atoms with Crippen LogP contribution in [0.2, 0.25) is 0 Å². The SMILES string of the molecule is Cc1ccc(C)c(CN2CCN(c3ccccc3)CC2)c1. The lowest BCUT2D eigenvalue weighted by molar-refractivity contribution is 0.249. The van der Waals surface area contributed by atoms with Gasteiger partial charge in [-0.25, -0.2) is 0 Å². The van der Waals surface area contributed by atoms with Crippen molar-refractivity contribution in [2.45, 2.75) is 20.4 Å². The highest BCUT2D eigenvalue weighted by molar-refractivity contribution is 5.46. The van der Waals surface area contributed by atoms with Crippen LogP contribution in [0.25, 0.3) is 0 Å². The molecule has 0 amide bonds. The molecule has 0 atom stereocenters. The van der Waals surface area contributed by atoms with E-state index >= 15 is 0 Å². The summed E-state index contributed by atoms with van der Waals surface area (Å²) in [4.78, 5) is 5.06. The van der Waals surface area contributed by atoms with Crippen molar-refractivity contribution in [3.8, 4) is 0 Å². The Morgan fingerprint density at radius 1 is 0.857 bits per heavy atom. The van der Waals surface area contributed by atoms with E-state index in [4.69, 9.17) is 0 Å². The summed E-state index contributed by atoms with van der Waals surface area (Å²) in [5.41, 5.74) is 5.59. The molecule has 1 aliphatic rings. The van der Waals surface area contributed by atoms with E-state index in [1.54, 1.807) is 0 Å². The third-order valence-corrected chi connectivity index (χ3v) is 4.39. The molecule has 2 nitrogen and oxygen atoms in total. The van der Waals surface area contributed by atoms with E-state index in [9.17, 15) is 0 Å². The summed E-state index contributed by atoms with van der Waals surface area (Å²) >= 11 is 0. The van der Waals surface area contributed by atoms with Crippen molar-refractivity contribution in [1.29, 1.82) is 0 Å². The van der Waals surface area contributed by atoms with Gasteiger partial charge in [0.1, 0.15) is 0 Å². The van der Waals surface area contributed by atoms with Crippen LogP contribution in [0, 0.1) is 13.8 Å². The second kappa shape index (κ2) is 6.31. The maximum absolute atomic E-state index is 2.57. The molecule has 1 saturated heterocycles. The number of rotatable bonds is 3. The minimum absolute atomic E-state index is 1.08. The molecule has 1 heterocycles. The van der Waals surface area contributed by atoms with Gasteiger partial charge in [0.05, 0.1) is 0 Å². The molecule has 2 aromatic carbocycles. The van der Waals surface area contributed by atoms with Crippen molar-refractivity contribution in [2.24, 2.45) is 0 Å². The predicted octanol–water partition coefficient (Wildman–Crippen LogP) is 3.63. The molecular formula is C19H24N2. The Balaban J connectivity index is 1.60. The van der Waals surface area contributed by atoms with Crippen LogP contribution in [0.1, 0.15) is 16.7 Å². The lowest BCUT2D eigenvalue weighted by Gasteiger charge is -2.36. The molecule has 110 valence electrons. The van der Waals surface area contributed by atoms with Crippen LogP contribution in [0.5, 0.6) is 0 Å². The van der Waals surface area contributed by atoms with Crippen molar-refractivity contribution >= 4 is 5.69 Å². The van der Waals surface area contributed by atoms with Gasteiger partial charge in [-0.1, -0.05) is 42.0 Å². The minimum atomic E-state index is 1.08. The van der Waals surface area contributed by atoms with Crippen molar-refractivity contribution in [2.75, 3.05) is 31.1 Å². The number of hydrogen-bond acceptors (Lipinski definition) is 2. The van der Waals surface area contributed by atoms with Crippen LogP contribution in [-0.4, -0.2) is 31.1 Å². The van der Waals surface area contributed by atoms with Crippen LogP contribution in [0.4, 0.5) is 5.69 Å². The summed E-state index contributed by atoms with van der Waals surface area (Å²) in [6, 6.07) is 17.5. The van der Waals surface area contributed by atoms with Crippen LogP contribution in [0.3, 0.4) is 0 Å². The molecule has 0 bridgehead atoms. The largest absolute Gasteiger partial charge is 0.369 e. The van der Waals surface area contributed by atoms with Gasteiger partial charge in [0.2, 0.25) is 0 Å². The van der Waals surface area contributed by atoms with Crippen molar-refractivity contribution in [3.63, 3.8) is 0 Å². The Morgan fingerprint density at radius 3 is 2.29 bits per heavy atom. The molecule has 1 fully saturated rings. The summed E-state index contributed by atoms with van der Waals surface area (Å²) in [6.07, 6.45) is 0. The highest BCUT2D eigenvalue weighted by Gasteiger charge is 2.17. The third-order valence-electron chi connectivity index (χ3n) is 4.39. The average Bonchev–Trinajstić information content (AvgIpc) is 2.53. The molecule has 3 rings (SSSR count). The monoisotopic (exact) mass is 280 g/mol. The zero-order valence-corrected chi connectivity index (χ0v) is 13.0. The van der Waals surface area contributed by atoms with E-state index in [0.717, 1.165) is 32.7 Å². The summed E-state index contributed by atoms with van der Waals surface area (Å²) in [5, 5.41) is 0. The molecule has 2 heteroatoms. The highest BCUT2D eigenvalue weighted by Crippen LogP contribution is 2.18. The van der Waals surface area contributed by atoms with Gasteiger partial charge in [-0.05, 0) is 37.1 Å². The van der Waals surface area contributed by atoms with Crippen LogP contribution in [0.15, 0.2) is 48.5 Å². The van der Waals surface area contributed by atoms with Gasteiger partial charge >= 0.3 is 0 Å². The number of para-hydroxylation sites is 1. The number of nitrogens with zero attached hydrogens (tertiary/aromatic N) is 2. The summed E-state index contributed by atoms with van der Waals surface area (Å²) in [7, 11) is 0. The fraction of sp³-hybridized carbons (Fsp3) is 0.368. The van der Waals surface area contributed by atoms with Gasteiger partial charge in [-0.15, -0.1) is 0 Å². The van der Waals surface area contributed by atoms with E-state index in [0.29, 0.717) is 0 Å². The summed E-state index contributed by atoms with van der Waals surface area (Å²) in [5.74, 6) is 0. The fourth-order valence-electron chi connectivity index (χ4n) is 3.01. The second-order valence-corrected chi connectivity index (χ2v) is 6.03. The van der Waals surface area contributed by atoms with Gasteiger partial charge in [-0.3, -0.25) is 4.90 Å². The smallest absolute Gasteiger partial charge is 0.0367 e. The zero-order chi connectivity index (χ0) is 14.7. The van der Waals surface area contributed by atoms with E-state index in [2.05, 4.69) is 72.2 Å². The summed E-state index contributed by atoms with van der Waals surface area (Å²) in [6.45, 7) is 10.00. The number of anilines is 1. The first-order chi connectivity index (χ1) is 10.2. The van der Waals surface area contributed by atoms with E-state index in [1.807, 2.05) is 0 Å². The first-order valence-corrected chi connectivity index (χ1v) is 7.81. The molecule has 0 radical (unpaired) electrons. The number of benzene rings is 2. The van der Waals surface area contributed by atoms with Gasteiger partial charge < -0.3 is 4.90 Å². The first-order valence-electron chi connectivity index (χ1n) is 7.81. The Hall–Kier alpha value is -1.80. The lowest BCUT2D eigenvalue weighted by atomic mass is 10.0. The lowest BCUT2D eigenvalue weighted by Crippen LogP contribution is -2.46. The van der Waals surface area contributed by atoms with Gasteiger partial charge in [0.15, 0.2) is 0 Å². The van der Waals surface area contributed by atoms with E-state index < -0.39 is 0 Å². The van der Waals surface area contributed by atoms with Gasteiger partial charge in [-0.2, -0.15) is 0 Å². The first kappa shape index (κ1) is 14.2. The number of aryl methyl sites for hydroxylation is 2. The molecular weight excluding hydrogens is 256 g/mol. The maximum Gasteiger partial charge on any atom is 0.0367 e. The zero-order valence-electron chi connectivity index (χ0n) is 13.0. The second-order valence-electron chi connectivity index (χ2n) is 6.03. The van der Waals surface area contributed by atoms with Crippen LogP contribution < -0.4 is 4.90 Å². The number of piperazine rings is 1. The normalized spacial score (nSPS) is 16.2. The molecule has 0 aliphatic carbocycles. The maximum atomic E-state index is 2.57. The predicted molar refractivity (Wildman–Crippen MR) is 89.8 cm³/mol. The van der Waals surface area contributed by atoms with E-state index in [1.165, 1.54) is 22.4 Å². The van der Waals surface area contributed by atoms with Gasteiger partial charge in [0, 0.05) is 38.4 Å². The molecule has 2 aromatic rings. The molecule has 0 aromatic heterocycles. The molecule has 0 saturated carbocycles. The standard InChI is InChI=1S/C19H24N2/c1-16-8-9-17(2)18(14-16)15-20-10-12-21(13-11-20)19-6-4-3-5-7-19/h3-9,14H,10-13,15H2,1-2H3. The molecule has 0 unspecified atom stereocenters. The number of hydrogen-bond donors (Lipinski definition) is 0. The van der Waals surface area contributed by atoms with Crippen molar-refractivity contribution in [1.82, 2.24) is 4.90 Å². The van der Waals surface area contributed by atoms with Crippen LogP contribution >= 0.6 is 0 Å². The fourth-order valence-corrected chi connectivity index (χ4v) is 3.01. The average molecular weight is 280 g/mol. The van der Waals surface area contributed by atoms with Gasteiger partial charge in [0.25, 0.3) is 0 Å². The molecule has 0 N–H and O–H groups in total. The Kier molecular flexibility index (Phi) is 4.26. The molecule has 1 aliphatic heterocycles. The minimum Gasteiger partial charge on any atom is -0.369 e. The summed E-state index contributed by atoms with van der Waals surface area (Å²) < 4.78 is 0. The van der Waals surface area contributed by atoms with Crippen molar-refractivity contribution < 1.29 is 0 Å².